The summed E-state index contributed by atoms with van der Waals surface area (Å²) in [6.45, 7) is 5.66. The molecule has 132 valence electrons. The molecule has 0 aliphatic heterocycles. The van der Waals surface area contributed by atoms with E-state index in [0.717, 1.165) is 11.8 Å². The second-order valence-corrected chi connectivity index (χ2v) is 6.20. The van der Waals surface area contributed by atoms with Crippen LogP contribution in [-0.4, -0.2) is 33.9 Å². The number of hydrogen-bond acceptors (Lipinski definition) is 6. The Morgan fingerprint density at radius 3 is 2.92 bits per heavy atom. The molecule has 0 radical (unpaired) electrons. The number of imide groups is 1. The Bertz CT molecular complexity index is 882. The van der Waals surface area contributed by atoms with Crippen LogP contribution in [0.2, 0.25) is 5.02 Å². The highest BCUT2D eigenvalue weighted by atomic mass is 35.5. The number of halogens is 1. The van der Waals surface area contributed by atoms with Gasteiger partial charge in [-0.2, -0.15) is 0 Å². The minimum atomic E-state index is -0.808. The summed E-state index contributed by atoms with van der Waals surface area (Å²) in [5, 5.41) is 3.25. The van der Waals surface area contributed by atoms with Gasteiger partial charge in [0, 0.05) is 11.6 Å². The third kappa shape index (κ3) is 4.83. The van der Waals surface area contributed by atoms with Crippen LogP contribution in [0.15, 0.2) is 40.8 Å². The van der Waals surface area contributed by atoms with Crippen molar-refractivity contribution in [1.82, 2.24) is 14.9 Å². The molecular formula is C16H16ClN3O4S. The number of thioether (sulfide) groups is 1. The van der Waals surface area contributed by atoms with E-state index in [2.05, 4.69) is 21.6 Å². The second kappa shape index (κ2) is 8.68. The van der Waals surface area contributed by atoms with E-state index in [1.807, 2.05) is 0 Å². The summed E-state index contributed by atoms with van der Waals surface area (Å²) < 4.78 is 6.03. The van der Waals surface area contributed by atoms with Crippen LogP contribution < -0.4 is 10.9 Å². The number of fused-ring (bicyclic) bond motifs is 1. The van der Waals surface area contributed by atoms with Crippen LogP contribution in [0.25, 0.3) is 10.9 Å². The number of hydrogen-bond donors (Lipinski definition) is 1. The normalized spacial score (nSPS) is 10.5. The fourth-order valence-electron chi connectivity index (χ4n) is 2.02. The van der Waals surface area contributed by atoms with Crippen LogP contribution in [0.4, 0.5) is 4.79 Å². The van der Waals surface area contributed by atoms with Crippen molar-refractivity contribution in [1.29, 1.82) is 0 Å². The Morgan fingerprint density at radius 2 is 2.24 bits per heavy atom. The van der Waals surface area contributed by atoms with Gasteiger partial charge in [-0.05, 0) is 25.1 Å². The Balaban J connectivity index is 2.27. The molecule has 0 bridgehead atoms. The molecule has 0 saturated carbocycles. The van der Waals surface area contributed by atoms with E-state index in [1.165, 1.54) is 4.57 Å². The average Bonchev–Trinajstić information content (AvgIpc) is 2.56. The lowest BCUT2D eigenvalue weighted by atomic mass is 10.2. The Kier molecular flexibility index (Phi) is 6.60. The quantitative estimate of drug-likeness (QED) is 0.470. The highest BCUT2D eigenvalue weighted by Crippen LogP contribution is 2.20. The summed E-state index contributed by atoms with van der Waals surface area (Å²) in [5.41, 5.74) is 0.198. The van der Waals surface area contributed by atoms with Crippen LogP contribution >= 0.6 is 23.4 Å². The van der Waals surface area contributed by atoms with Gasteiger partial charge >= 0.3 is 6.09 Å². The fraction of sp³-hybridized carbons (Fsp3) is 0.250. The number of rotatable bonds is 6. The van der Waals surface area contributed by atoms with E-state index < -0.39 is 12.0 Å². The lowest BCUT2D eigenvalue weighted by molar-refractivity contribution is -0.117. The maximum atomic E-state index is 12.6. The Labute approximate surface area is 153 Å². The summed E-state index contributed by atoms with van der Waals surface area (Å²) >= 11 is 6.98. The molecule has 25 heavy (non-hydrogen) atoms. The van der Waals surface area contributed by atoms with E-state index in [4.69, 9.17) is 11.6 Å². The molecule has 0 spiro atoms. The Hall–Kier alpha value is -2.32. The first-order valence-corrected chi connectivity index (χ1v) is 8.73. The van der Waals surface area contributed by atoms with E-state index in [9.17, 15) is 14.4 Å². The minimum absolute atomic E-state index is 0.0957. The number of allylic oxidation sites excluding steroid dienone is 1. The van der Waals surface area contributed by atoms with Crippen LogP contribution in [0, 0.1) is 0 Å². The number of carbonyl (C=O) groups excluding carboxylic acids is 2. The van der Waals surface area contributed by atoms with Crippen molar-refractivity contribution >= 4 is 46.3 Å². The molecule has 0 unspecified atom stereocenters. The molecule has 9 heteroatoms. The lowest BCUT2D eigenvalue weighted by Crippen LogP contribution is -2.32. The van der Waals surface area contributed by atoms with Gasteiger partial charge in [0.15, 0.2) is 5.16 Å². The molecule has 0 aliphatic carbocycles. The van der Waals surface area contributed by atoms with E-state index in [0.29, 0.717) is 21.1 Å². The Morgan fingerprint density at radius 1 is 1.48 bits per heavy atom. The minimum Gasteiger partial charge on any atom is -0.450 e. The first-order valence-electron chi connectivity index (χ1n) is 7.36. The second-order valence-electron chi connectivity index (χ2n) is 4.82. The summed E-state index contributed by atoms with van der Waals surface area (Å²) in [4.78, 5) is 40.0. The van der Waals surface area contributed by atoms with Gasteiger partial charge in [0.1, 0.15) is 0 Å². The molecule has 0 aliphatic rings. The van der Waals surface area contributed by atoms with Crippen LogP contribution in [0.5, 0.6) is 0 Å². The number of ether oxygens (including phenoxy) is 1. The fourth-order valence-corrected chi connectivity index (χ4v) is 3.00. The van der Waals surface area contributed by atoms with Crippen molar-refractivity contribution in [2.24, 2.45) is 0 Å². The molecule has 7 nitrogen and oxygen atoms in total. The van der Waals surface area contributed by atoms with E-state index in [-0.39, 0.29) is 24.5 Å². The van der Waals surface area contributed by atoms with Crippen molar-refractivity contribution in [3.8, 4) is 0 Å². The maximum absolute atomic E-state index is 12.6. The topological polar surface area (TPSA) is 90.3 Å². The molecule has 2 amide bonds. The van der Waals surface area contributed by atoms with Crippen molar-refractivity contribution in [2.45, 2.75) is 18.6 Å². The molecule has 2 rings (SSSR count). The smallest absolute Gasteiger partial charge is 0.413 e. The highest BCUT2D eigenvalue weighted by Gasteiger charge is 2.14. The number of alkyl carbamates (subject to hydrolysis) is 1. The first kappa shape index (κ1) is 19.0. The number of aromatic nitrogens is 2. The highest BCUT2D eigenvalue weighted by molar-refractivity contribution is 7.99. The van der Waals surface area contributed by atoms with Gasteiger partial charge in [0.2, 0.25) is 5.91 Å². The van der Waals surface area contributed by atoms with Crippen molar-refractivity contribution < 1.29 is 14.3 Å². The molecule has 1 aromatic carbocycles. The number of carbonyl (C=O) groups is 2. The van der Waals surface area contributed by atoms with Crippen molar-refractivity contribution in [3.63, 3.8) is 0 Å². The van der Waals surface area contributed by atoms with Gasteiger partial charge in [-0.1, -0.05) is 29.4 Å². The molecular weight excluding hydrogens is 366 g/mol. The largest absolute Gasteiger partial charge is 0.450 e. The third-order valence-electron chi connectivity index (χ3n) is 3.04. The number of benzene rings is 1. The summed E-state index contributed by atoms with van der Waals surface area (Å²) in [6, 6.07) is 4.82. The molecule has 1 aromatic heterocycles. The van der Waals surface area contributed by atoms with Gasteiger partial charge in [0.25, 0.3) is 5.56 Å². The number of amides is 2. The van der Waals surface area contributed by atoms with Crippen LogP contribution in [0.3, 0.4) is 0 Å². The average molecular weight is 382 g/mol. The maximum Gasteiger partial charge on any atom is 0.413 e. The van der Waals surface area contributed by atoms with E-state index >= 15 is 0 Å². The zero-order valence-corrected chi connectivity index (χ0v) is 15.0. The van der Waals surface area contributed by atoms with Crippen LogP contribution in [-0.2, 0) is 16.1 Å². The molecule has 0 atom stereocenters. The summed E-state index contributed by atoms with van der Waals surface area (Å²) in [6.07, 6.45) is 0.750. The van der Waals surface area contributed by atoms with Gasteiger partial charge in [-0.25, -0.2) is 9.78 Å². The van der Waals surface area contributed by atoms with Gasteiger partial charge in [0.05, 0.1) is 23.3 Å². The third-order valence-corrected chi connectivity index (χ3v) is 4.25. The molecule has 0 fully saturated rings. The van der Waals surface area contributed by atoms with Crippen molar-refractivity contribution in [3.05, 3.63) is 46.2 Å². The first-order chi connectivity index (χ1) is 12.0. The van der Waals surface area contributed by atoms with Crippen LogP contribution in [0.1, 0.15) is 6.92 Å². The monoisotopic (exact) mass is 381 g/mol. The zero-order valence-electron chi connectivity index (χ0n) is 13.5. The van der Waals surface area contributed by atoms with Gasteiger partial charge in [-0.15, -0.1) is 6.58 Å². The van der Waals surface area contributed by atoms with Gasteiger partial charge in [-0.3, -0.25) is 19.5 Å². The SMILES string of the molecule is C=CCn1c(SCC(=O)NC(=O)OCC)nc2ccc(Cl)cc2c1=O. The standard InChI is InChI=1S/C16H16ClN3O4S/c1-3-7-20-14(22)11-8-10(17)5-6-12(11)18-15(20)25-9-13(21)19-16(23)24-4-2/h3,5-6,8H,1,4,7,9H2,2H3,(H,19,21,23). The molecule has 0 saturated heterocycles. The summed E-state index contributed by atoms with van der Waals surface area (Å²) in [7, 11) is 0. The van der Waals surface area contributed by atoms with E-state index in [1.54, 1.807) is 31.2 Å². The predicted octanol–water partition coefficient (Wildman–Crippen LogP) is 2.60. The predicted molar refractivity (Wildman–Crippen MR) is 97.1 cm³/mol. The molecule has 1 N–H and O–H groups in total. The molecule has 1 heterocycles. The molecule has 2 aromatic rings. The number of nitrogens with zero attached hydrogens (tertiary/aromatic N) is 2. The van der Waals surface area contributed by atoms with Gasteiger partial charge < -0.3 is 4.74 Å². The number of nitrogens with one attached hydrogen (secondary N) is 1. The summed E-state index contributed by atoms with van der Waals surface area (Å²) in [5.74, 6) is -0.638. The van der Waals surface area contributed by atoms with Crippen molar-refractivity contribution in [2.75, 3.05) is 12.4 Å². The lowest BCUT2D eigenvalue weighted by Gasteiger charge is -2.11. The zero-order chi connectivity index (χ0) is 18.4.